The highest BCUT2D eigenvalue weighted by Crippen LogP contribution is 2.38. The van der Waals surface area contributed by atoms with Crippen molar-refractivity contribution in [2.75, 3.05) is 0 Å². The number of nitrogens with zero attached hydrogens (tertiary/aromatic N) is 2. The smallest absolute Gasteiger partial charge is 0.0525 e. The lowest BCUT2D eigenvalue weighted by molar-refractivity contribution is 0.571. The van der Waals surface area contributed by atoms with Crippen LogP contribution in [0.4, 0.5) is 0 Å². The molecule has 1 aromatic rings. The molecule has 72 valence electrons. The molecule has 0 aromatic carbocycles. The molecule has 2 rings (SSSR count). The van der Waals surface area contributed by atoms with Gasteiger partial charge in [-0.05, 0) is 18.4 Å². The highest BCUT2D eigenvalue weighted by atomic mass is 15.3. The Hall–Kier alpha value is -0.830. The summed E-state index contributed by atoms with van der Waals surface area (Å²) in [5.41, 5.74) is 7.09. The van der Waals surface area contributed by atoms with Crippen LogP contribution in [0.1, 0.15) is 37.7 Å². The molecule has 0 spiro atoms. The normalized spacial score (nSPS) is 26.3. The Bertz CT molecular complexity index is 279. The second-order valence-corrected chi connectivity index (χ2v) is 3.90. The Morgan fingerprint density at radius 3 is 3.08 bits per heavy atom. The molecular weight excluding hydrogens is 162 g/mol. The summed E-state index contributed by atoms with van der Waals surface area (Å²) >= 11 is 0. The minimum Gasteiger partial charge on any atom is -0.327 e. The van der Waals surface area contributed by atoms with Gasteiger partial charge in [0.15, 0.2) is 0 Å². The minimum absolute atomic E-state index is 0.392. The van der Waals surface area contributed by atoms with Gasteiger partial charge in [-0.25, -0.2) is 0 Å². The van der Waals surface area contributed by atoms with Crippen molar-refractivity contribution in [3.05, 3.63) is 18.0 Å². The van der Waals surface area contributed by atoms with E-state index in [1.54, 1.807) is 0 Å². The fourth-order valence-electron chi connectivity index (χ4n) is 1.61. The van der Waals surface area contributed by atoms with Gasteiger partial charge < -0.3 is 5.73 Å². The standard InChI is InChI=1S/C10H17N3/c1-2-3-4-13-7-8(6-12-13)9-5-10(9)11/h6-7,9-10H,2-5,11H2,1H3/t9-,10-/m0/s1. The molecule has 0 unspecified atom stereocenters. The van der Waals surface area contributed by atoms with E-state index in [2.05, 4.69) is 18.2 Å². The second-order valence-electron chi connectivity index (χ2n) is 3.90. The molecule has 1 heterocycles. The average Bonchev–Trinajstić information content (AvgIpc) is 2.67. The van der Waals surface area contributed by atoms with Gasteiger partial charge in [0.2, 0.25) is 0 Å². The summed E-state index contributed by atoms with van der Waals surface area (Å²) < 4.78 is 2.03. The van der Waals surface area contributed by atoms with Crippen LogP contribution < -0.4 is 5.73 Å². The van der Waals surface area contributed by atoms with Crippen LogP contribution in [0.5, 0.6) is 0 Å². The van der Waals surface area contributed by atoms with Crippen LogP contribution in [0.2, 0.25) is 0 Å². The molecule has 13 heavy (non-hydrogen) atoms. The molecule has 1 aliphatic rings. The van der Waals surface area contributed by atoms with Crippen LogP contribution in [0.3, 0.4) is 0 Å². The number of nitrogens with two attached hydrogens (primary N) is 1. The summed E-state index contributed by atoms with van der Waals surface area (Å²) in [5.74, 6) is 0.593. The zero-order chi connectivity index (χ0) is 9.26. The molecular formula is C10H17N3. The van der Waals surface area contributed by atoms with E-state index in [1.165, 1.54) is 18.4 Å². The van der Waals surface area contributed by atoms with Gasteiger partial charge in [-0.2, -0.15) is 5.10 Å². The number of aryl methyl sites for hydroxylation is 1. The zero-order valence-electron chi connectivity index (χ0n) is 8.11. The number of aromatic nitrogens is 2. The first-order chi connectivity index (χ1) is 6.31. The average molecular weight is 179 g/mol. The topological polar surface area (TPSA) is 43.8 Å². The van der Waals surface area contributed by atoms with Crippen LogP contribution in [0, 0.1) is 0 Å². The lowest BCUT2D eigenvalue weighted by Crippen LogP contribution is -2.00. The van der Waals surface area contributed by atoms with Crippen molar-refractivity contribution in [3.8, 4) is 0 Å². The molecule has 1 saturated carbocycles. The third kappa shape index (κ3) is 1.91. The summed E-state index contributed by atoms with van der Waals surface area (Å²) in [6.07, 6.45) is 7.68. The van der Waals surface area contributed by atoms with Gasteiger partial charge in [0.25, 0.3) is 0 Å². The van der Waals surface area contributed by atoms with Crippen molar-refractivity contribution in [1.82, 2.24) is 9.78 Å². The number of unbranched alkanes of at least 4 members (excludes halogenated alkanes) is 1. The van der Waals surface area contributed by atoms with E-state index < -0.39 is 0 Å². The molecule has 0 bridgehead atoms. The third-order valence-electron chi connectivity index (χ3n) is 2.66. The van der Waals surface area contributed by atoms with Crippen molar-refractivity contribution < 1.29 is 0 Å². The van der Waals surface area contributed by atoms with E-state index in [1.807, 2.05) is 10.9 Å². The number of rotatable bonds is 4. The zero-order valence-corrected chi connectivity index (χ0v) is 8.11. The van der Waals surface area contributed by atoms with E-state index in [-0.39, 0.29) is 0 Å². The molecule has 0 aliphatic heterocycles. The van der Waals surface area contributed by atoms with Crippen molar-refractivity contribution in [3.63, 3.8) is 0 Å². The highest BCUT2D eigenvalue weighted by Gasteiger charge is 2.35. The predicted octanol–water partition coefficient (Wildman–Crippen LogP) is 1.50. The third-order valence-corrected chi connectivity index (χ3v) is 2.66. The maximum absolute atomic E-state index is 5.77. The molecule has 1 fully saturated rings. The van der Waals surface area contributed by atoms with Gasteiger partial charge in [-0.3, -0.25) is 4.68 Å². The first-order valence-corrected chi connectivity index (χ1v) is 5.09. The van der Waals surface area contributed by atoms with Gasteiger partial charge in [-0.1, -0.05) is 13.3 Å². The second kappa shape index (κ2) is 3.50. The van der Waals surface area contributed by atoms with E-state index in [9.17, 15) is 0 Å². The Labute approximate surface area is 78.9 Å². The maximum atomic E-state index is 5.77. The van der Waals surface area contributed by atoms with Crippen molar-refractivity contribution in [2.45, 2.75) is 44.7 Å². The molecule has 3 nitrogen and oxygen atoms in total. The number of hydrogen-bond donors (Lipinski definition) is 1. The maximum Gasteiger partial charge on any atom is 0.0525 e. The fourth-order valence-corrected chi connectivity index (χ4v) is 1.61. The Kier molecular flexibility index (Phi) is 2.36. The van der Waals surface area contributed by atoms with Crippen LogP contribution in [-0.4, -0.2) is 15.8 Å². The summed E-state index contributed by atoms with van der Waals surface area (Å²) in [6.45, 7) is 3.24. The Morgan fingerprint density at radius 2 is 2.46 bits per heavy atom. The van der Waals surface area contributed by atoms with E-state index in [0.717, 1.165) is 13.0 Å². The summed E-state index contributed by atoms with van der Waals surface area (Å²) in [6, 6.07) is 0.392. The van der Waals surface area contributed by atoms with Crippen LogP contribution in [0.25, 0.3) is 0 Å². The lowest BCUT2D eigenvalue weighted by Gasteiger charge is -1.97. The molecule has 2 N–H and O–H groups in total. The number of hydrogen-bond acceptors (Lipinski definition) is 2. The Balaban J connectivity index is 1.94. The van der Waals surface area contributed by atoms with Crippen molar-refractivity contribution in [2.24, 2.45) is 5.73 Å². The van der Waals surface area contributed by atoms with Gasteiger partial charge in [0.05, 0.1) is 6.20 Å². The predicted molar refractivity (Wildman–Crippen MR) is 52.5 cm³/mol. The Morgan fingerprint density at radius 1 is 1.69 bits per heavy atom. The largest absolute Gasteiger partial charge is 0.327 e. The molecule has 0 amide bonds. The molecule has 1 aliphatic carbocycles. The van der Waals surface area contributed by atoms with Crippen molar-refractivity contribution >= 4 is 0 Å². The highest BCUT2D eigenvalue weighted by molar-refractivity contribution is 5.22. The minimum atomic E-state index is 0.392. The van der Waals surface area contributed by atoms with Crippen LogP contribution in [0.15, 0.2) is 12.4 Å². The van der Waals surface area contributed by atoms with E-state index >= 15 is 0 Å². The molecule has 1 aromatic heterocycles. The van der Waals surface area contributed by atoms with E-state index in [4.69, 9.17) is 5.73 Å². The fraction of sp³-hybridized carbons (Fsp3) is 0.700. The molecule has 3 heteroatoms. The summed E-state index contributed by atoms with van der Waals surface area (Å²) in [7, 11) is 0. The molecule has 0 radical (unpaired) electrons. The summed E-state index contributed by atoms with van der Waals surface area (Å²) in [5, 5.41) is 4.31. The SMILES string of the molecule is CCCCn1cc([C@@H]2C[C@@H]2N)cn1. The first kappa shape index (κ1) is 8.75. The van der Waals surface area contributed by atoms with Gasteiger partial charge in [0, 0.05) is 24.7 Å². The van der Waals surface area contributed by atoms with E-state index in [0.29, 0.717) is 12.0 Å². The molecule has 0 saturated heterocycles. The van der Waals surface area contributed by atoms with Crippen LogP contribution in [-0.2, 0) is 6.54 Å². The molecule has 2 atom stereocenters. The van der Waals surface area contributed by atoms with Crippen molar-refractivity contribution in [1.29, 1.82) is 0 Å². The van der Waals surface area contributed by atoms with Gasteiger partial charge >= 0.3 is 0 Å². The van der Waals surface area contributed by atoms with Crippen LogP contribution >= 0.6 is 0 Å². The van der Waals surface area contributed by atoms with Gasteiger partial charge in [0.1, 0.15) is 0 Å². The first-order valence-electron chi connectivity index (χ1n) is 5.09. The van der Waals surface area contributed by atoms with Gasteiger partial charge in [-0.15, -0.1) is 0 Å². The quantitative estimate of drug-likeness (QED) is 0.761. The monoisotopic (exact) mass is 179 g/mol. The lowest BCUT2D eigenvalue weighted by atomic mass is 10.2. The summed E-state index contributed by atoms with van der Waals surface area (Å²) in [4.78, 5) is 0.